The van der Waals surface area contributed by atoms with E-state index in [9.17, 15) is 18.3 Å². The van der Waals surface area contributed by atoms with Crippen LogP contribution >= 0.6 is 0 Å². The number of aliphatic hydroxyl groups is 1. The van der Waals surface area contributed by atoms with E-state index in [4.69, 9.17) is 0 Å². The number of hydrogen-bond donors (Lipinski definition) is 2. The highest BCUT2D eigenvalue weighted by atomic mass is 19.4. The van der Waals surface area contributed by atoms with Gasteiger partial charge in [-0.3, -0.25) is 4.90 Å². The molecule has 2 N–H and O–H groups in total. The molecule has 118 valence electrons. The molecule has 1 aliphatic rings. The lowest BCUT2D eigenvalue weighted by Gasteiger charge is -2.30. The second-order valence-corrected chi connectivity index (χ2v) is 4.92. The van der Waals surface area contributed by atoms with Gasteiger partial charge in [0.2, 0.25) is 0 Å². The Kier molecular flexibility index (Phi) is 5.44. The number of halogens is 3. The minimum Gasteiger partial charge on any atom is -0.405 e. The topological polar surface area (TPSA) is 44.7 Å². The Bertz CT molecular complexity index is 446. The van der Waals surface area contributed by atoms with Crippen LogP contribution in [0.3, 0.4) is 0 Å². The number of rotatable bonds is 4. The maximum Gasteiger partial charge on any atom is 0.573 e. The van der Waals surface area contributed by atoms with E-state index < -0.39 is 12.4 Å². The molecular weight excluding hydrogens is 285 g/mol. The molecule has 0 spiro atoms. The van der Waals surface area contributed by atoms with Crippen molar-refractivity contribution in [2.75, 3.05) is 32.8 Å². The van der Waals surface area contributed by atoms with Gasteiger partial charge in [-0.2, -0.15) is 0 Å². The lowest BCUT2D eigenvalue weighted by Crippen LogP contribution is -2.34. The standard InChI is InChI=1S/C14H19F3N2O2/c15-14(16,17)21-13-5-2-1-4-11(13)12(10-20)19-8-3-6-18-7-9-19/h1-2,4-5,12,18,20H,3,6-10H2. The van der Waals surface area contributed by atoms with E-state index in [0.29, 0.717) is 12.1 Å². The van der Waals surface area contributed by atoms with Gasteiger partial charge in [-0.25, -0.2) is 0 Å². The smallest absolute Gasteiger partial charge is 0.405 e. The third kappa shape index (κ3) is 4.59. The molecule has 0 saturated carbocycles. The molecule has 1 aromatic carbocycles. The summed E-state index contributed by atoms with van der Waals surface area (Å²) in [6.45, 7) is 2.76. The Morgan fingerprint density at radius 1 is 1.24 bits per heavy atom. The van der Waals surface area contributed by atoms with Crippen LogP contribution in [0, 0.1) is 0 Å². The molecule has 0 aliphatic carbocycles. The van der Waals surface area contributed by atoms with Gasteiger partial charge in [0.05, 0.1) is 12.6 Å². The summed E-state index contributed by atoms with van der Waals surface area (Å²) >= 11 is 0. The summed E-state index contributed by atoms with van der Waals surface area (Å²) < 4.78 is 41.5. The number of para-hydroxylation sites is 1. The quantitative estimate of drug-likeness (QED) is 0.892. The number of nitrogens with one attached hydrogen (secondary N) is 1. The number of nitrogens with zero attached hydrogens (tertiary/aromatic N) is 1. The Morgan fingerprint density at radius 3 is 2.71 bits per heavy atom. The lowest BCUT2D eigenvalue weighted by molar-refractivity contribution is -0.275. The third-order valence-electron chi connectivity index (χ3n) is 3.49. The van der Waals surface area contributed by atoms with E-state index in [-0.39, 0.29) is 12.4 Å². The highest BCUT2D eigenvalue weighted by Crippen LogP contribution is 2.33. The first kappa shape index (κ1) is 16.1. The van der Waals surface area contributed by atoms with E-state index in [0.717, 1.165) is 26.1 Å². The van der Waals surface area contributed by atoms with Gasteiger partial charge in [0.1, 0.15) is 5.75 Å². The molecule has 1 heterocycles. The fourth-order valence-electron chi connectivity index (χ4n) is 2.56. The largest absolute Gasteiger partial charge is 0.573 e. The molecule has 1 aromatic rings. The van der Waals surface area contributed by atoms with E-state index in [2.05, 4.69) is 10.1 Å². The van der Waals surface area contributed by atoms with Gasteiger partial charge in [-0.15, -0.1) is 13.2 Å². The van der Waals surface area contributed by atoms with Crippen LogP contribution in [-0.2, 0) is 0 Å². The fourth-order valence-corrected chi connectivity index (χ4v) is 2.56. The van der Waals surface area contributed by atoms with Crippen molar-refractivity contribution < 1.29 is 23.0 Å². The van der Waals surface area contributed by atoms with Gasteiger partial charge in [-0.05, 0) is 19.0 Å². The second-order valence-electron chi connectivity index (χ2n) is 4.92. The zero-order chi connectivity index (χ0) is 15.3. The monoisotopic (exact) mass is 304 g/mol. The highest BCUT2D eigenvalue weighted by Gasteiger charge is 2.33. The second kappa shape index (κ2) is 7.11. The molecule has 7 heteroatoms. The molecule has 0 amide bonds. The first-order chi connectivity index (χ1) is 10.0. The lowest BCUT2D eigenvalue weighted by atomic mass is 10.0. The summed E-state index contributed by atoms with van der Waals surface area (Å²) in [6, 6.07) is 5.49. The maximum atomic E-state index is 12.5. The van der Waals surface area contributed by atoms with Gasteiger partial charge in [0.25, 0.3) is 0 Å². The SMILES string of the molecule is OCC(c1ccccc1OC(F)(F)F)N1CCCNCC1. The van der Waals surface area contributed by atoms with Crippen LogP contribution in [0.5, 0.6) is 5.75 Å². The summed E-state index contributed by atoms with van der Waals surface area (Å²) in [5, 5.41) is 12.9. The van der Waals surface area contributed by atoms with E-state index >= 15 is 0 Å². The van der Waals surface area contributed by atoms with E-state index in [1.807, 2.05) is 4.90 Å². The van der Waals surface area contributed by atoms with Crippen molar-refractivity contribution in [2.45, 2.75) is 18.8 Å². The average molecular weight is 304 g/mol. The number of aliphatic hydroxyl groups excluding tert-OH is 1. The summed E-state index contributed by atoms with van der Waals surface area (Å²) in [7, 11) is 0. The number of ether oxygens (including phenoxy) is 1. The van der Waals surface area contributed by atoms with Crippen molar-refractivity contribution in [1.29, 1.82) is 0 Å². The fraction of sp³-hybridized carbons (Fsp3) is 0.571. The van der Waals surface area contributed by atoms with Crippen LogP contribution < -0.4 is 10.1 Å². The number of alkyl halides is 3. The molecule has 0 bridgehead atoms. The summed E-state index contributed by atoms with van der Waals surface area (Å²) in [6.07, 6.45) is -3.85. The summed E-state index contributed by atoms with van der Waals surface area (Å²) in [5.41, 5.74) is 0.360. The molecule has 0 radical (unpaired) electrons. The Morgan fingerprint density at radius 2 is 2.00 bits per heavy atom. The average Bonchev–Trinajstić information content (AvgIpc) is 2.69. The van der Waals surface area contributed by atoms with Crippen LogP contribution in [0.4, 0.5) is 13.2 Å². The molecule has 4 nitrogen and oxygen atoms in total. The van der Waals surface area contributed by atoms with Gasteiger partial charge in [0.15, 0.2) is 0 Å². The van der Waals surface area contributed by atoms with Crippen LogP contribution in [0.2, 0.25) is 0 Å². The first-order valence-electron chi connectivity index (χ1n) is 6.91. The molecule has 2 rings (SSSR count). The van der Waals surface area contributed by atoms with Crippen LogP contribution in [0.25, 0.3) is 0 Å². The minimum absolute atomic E-state index is 0.249. The summed E-state index contributed by atoms with van der Waals surface area (Å²) in [5.74, 6) is -0.249. The van der Waals surface area contributed by atoms with Crippen molar-refractivity contribution in [3.8, 4) is 5.75 Å². The van der Waals surface area contributed by atoms with Gasteiger partial charge in [-0.1, -0.05) is 18.2 Å². The van der Waals surface area contributed by atoms with Crippen molar-refractivity contribution in [1.82, 2.24) is 10.2 Å². The maximum absolute atomic E-state index is 12.5. The molecule has 1 aliphatic heterocycles. The minimum atomic E-state index is -4.74. The molecule has 1 saturated heterocycles. The zero-order valence-electron chi connectivity index (χ0n) is 11.6. The zero-order valence-corrected chi connectivity index (χ0v) is 11.6. The molecule has 1 unspecified atom stereocenters. The Labute approximate surface area is 121 Å². The van der Waals surface area contributed by atoms with Gasteiger partial charge < -0.3 is 15.2 Å². The first-order valence-corrected chi connectivity index (χ1v) is 6.91. The third-order valence-corrected chi connectivity index (χ3v) is 3.49. The van der Waals surface area contributed by atoms with Crippen LogP contribution in [-0.4, -0.2) is 49.2 Å². The summed E-state index contributed by atoms with van der Waals surface area (Å²) in [4.78, 5) is 1.98. The molecule has 1 fully saturated rings. The van der Waals surface area contributed by atoms with Gasteiger partial charge in [0, 0.05) is 25.2 Å². The predicted molar refractivity (Wildman–Crippen MR) is 72.0 cm³/mol. The predicted octanol–water partition coefficient (Wildman–Crippen LogP) is 1.91. The van der Waals surface area contributed by atoms with Crippen LogP contribution in [0.15, 0.2) is 24.3 Å². The van der Waals surface area contributed by atoms with Crippen molar-refractivity contribution in [3.05, 3.63) is 29.8 Å². The molecule has 0 aromatic heterocycles. The molecule has 1 atom stereocenters. The van der Waals surface area contributed by atoms with E-state index in [1.165, 1.54) is 12.1 Å². The Balaban J connectivity index is 2.24. The highest BCUT2D eigenvalue weighted by molar-refractivity contribution is 5.36. The Hall–Kier alpha value is -1.31. The van der Waals surface area contributed by atoms with E-state index in [1.54, 1.807) is 12.1 Å². The van der Waals surface area contributed by atoms with Crippen molar-refractivity contribution in [3.63, 3.8) is 0 Å². The normalized spacial score (nSPS) is 19.0. The van der Waals surface area contributed by atoms with Gasteiger partial charge >= 0.3 is 6.36 Å². The number of benzene rings is 1. The van der Waals surface area contributed by atoms with Crippen LogP contribution in [0.1, 0.15) is 18.0 Å². The van der Waals surface area contributed by atoms with Crippen molar-refractivity contribution in [2.24, 2.45) is 0 Å². The molecular formula is C14H19F3N2O2. The molecule has 21 heavy (non-hydrogen) atoms. The van der Waals surface area contributed by atoms with Crippen molar-refractivity contribution >= 4 is 0 Å². The number of hydrogen-bond acceptors (Lipinski definition) is 4.